The number of aliphatic hydroxyl groups excluding tert-OH is 1. The Morgan fingerprint density at radius 3 is 2.29 bits per heavy atom. The van der Waals surface area contributed by atoms with E-state index in [9.17, 15) is 24.3 Å². The molecule has 34 heavy (non-hydrogen) atoms. The average Bonchev–Trinajstić information content (AvgIpc) is 2.85. The van der Waals surface area contributed by atoms with Gasteiger partial charge in [-0.25, -0.2) is 9.78 Å². The number of carboxylic acids is 1. The molecular formula is C24H23N3O7. The van der Waals surface area contributed by atoms with Crippen molar-refractivity contribution < 1.29 is 29.3 Å². The SMILES string of the molecule is COc1ccc([C@@H](NC(=O)c2cnc(C(=O)CC[C@@H](O)C(=O)O)[nH]c2=O)c2ccccc2)cc1. The molecule has 0 bridgehead atoms. The second-order valence-corrected chi connectivity index (χ2v) is 7.38. The zero-order chi connectivity index (χ0) is 24.7. The molecule has 176 valence electrons. The molecule has 0 unspecified atom stereocenters. The third-order valence-electron chi connectivity index (χ3n) is 5.10. The molecule has 2 aromatic carbocycles. The van der Waals surface area contributed by atoms with Crippen molar-refractivity contribution in [3.05, 3.63) is 93.7 Å². The number of Topliss-reactive ketones (excluding diaryl/α,β-unsaturated/α-hetero) is 1. The number of carboxylic acid groups (broad SMARTS) is 1. The number of nitrogens with one attached hydrogen (secondary N) is 2. The minimum absolute atomic E-state index is 0.295. The molecule has 2 atom stereocenters. The topological polar surface area (TPSA) is 159 Å². The van der Waals surface area contributed by atoms with Crippen LogP contribution in [0.3, 0.4) is 0 Å². The molecule has 0 aliphatic heterocycles. The van der Waals surface area contributed by atoms with Crippen molar-refractivity contribution in [2.75, 3.05) is 7.11 Å². The predicted octanol–water partition coefficient (Wildman–Crippen LogP) is 1.71. The zero-order valence-electron chi connectivity index (χ0n) is 18.2. The van der Waals surface area contributed by atoms with Crippen molar-refractivity contribution in [3.63, 3.8) is 0 Å². The van der Waals surface area contributed by atoms with Crippen LogP contribution >= 0.6 is 0 Å². The van der Waals surface area contributed by atoms with Gasteiger partial charge in [0.2, 0.25) is 0 Å². The maximum atomic E-state index is 12.9. The van der Waals surface area contributed by atoms with E-state index in [1.54, 1.807) is 31.4 Å². The molecule has 0 spiro atoms. The van der Waals surface area contributed by atoms with Gasteiger partial charge in [-0.3, -0.25) is 14.4 Å². The number of hydrogen-bond donors (Lipinski definition) is 4. The number of carbonyl (C=O) groups is 3. The Balaban J connectivity index is 1.80. The molecule has 10 nitrogen and oxygen atoms in total. The maximum Gasteiger partial charge on any atom is 0.332 e. The van der Waals surface area contributed by atoms with E-state index in [1.807, 2.05) is 30.3 Å². The molecule has 0 aliphatic rings. The Bertz CT molecular complexity index is 1220. The predicted molar refractivity (Wildman–Crippen MR) is 121 cm³/mol. The van der Waals surface area contributed by atoms with E-state index in [4.69, 9.17) is 9.84 Å². The molecule has 4 N–H and O–H groups in total. The van der Waals surface area contributed by atoms with Gasteiger partial charge in [0, 0.05) is 12.6 Å². The van der Waals surface area contributed by atoms with E-state index in [0.29, 0.717) is 5.75 Å². The number of H-pyrrole nitrogens is 1. The van der Waals surface area contributed by atoms with Crippen LogP contribution in [-0.4, -0.2) is 51.1 Å². The number of benzene rings is 2. The maximum absolute atomic E-state index is 12.9. The largest absolute Gasteiger partial charge is 0.497 e. The van der Waals surface area contributed by atoms with Crippen LogP contribution in [0.2, 0.25) is 0 Å². The normalized spacial score (nSPS) is 12.4. The lowest BCUT2D eigenvalue weighted by Crippen LogP contribution is -2.34. The van der Waals surface area contributed by atoms with Gasteiger partial charge in [-0.1, -0.05) is 42.5 Å². The van der Waals surface area contributed by atoms with E-state index < -0.39 is 35.4 Å². The van der Waals surface area contributed by atoms with Crippen LogP contribution in [0.25, 0.3) is 0 Å². The van der Waals surface area contributed by atoms with Gasteiger partial charge in [-0.15, -0.1) is 0 Å². The molecule has 1 amide bonds. The van der Waals surface area contributed by atoms with Crippen LogP contribution in [0.1, 0.15) is 51.0 Å². The van der Waals surface area contributed by atoms with Gasteiger partial charge < -0.3 is 25.3 Å². The highest BCUT2D eigenvalue weighted by Gasteiger charge is 2.22. The first-order chi connectivity index (χ1) is 16.3. The molecule has 0 aliphatic carbocycles. The summed E-state index contributed by atoms with van der Waals surface area (Å²) >= 11 is 0. The third-order valence-corrected chi connectivity index (χ3v) is 5.10. The summed E-state index contributed by atoms with van der Waals surface area (Å²) in [6, 6.07) is 15.7. The monoisotopic (exact) mass is 465 g/mol. The molecule has 3 rings (SSSR count). The Kier molecular flexibility index (Phi) is 7.88. The fraction of sp³-hybridized carbons (Fsp3) is 0.208. The van der Waals surface area contributed by atoms with Crippen molar-refractivity contribution in [2.45, 2.75) is 25.0 Å². The van der Waals surface area contributed by atoms with E-state index in [-0.39, 0.29) is 24.2 Å². The summed E-state index contributed by atoms with van der Waals surface area (Å²) < 4.78 is 5.18. The molecule has 0 saturated heterocycles. The van der Waals surface area contributed by atoms with Crippen molar-refractivity contribution in [2.24, 2.45) is 0 Å². The first-order valence-corrected chi connectivity index (χ1v) is 10.3. The second kappa shape index (κ2) is 11.0. The standard InChI is InChI=1S/C24H23N3O7/c1-34-16-9-7-15(8-10-16)20(14-5-3-2-4-6-14)26-22(30)17-13-25-21(27-23(17)31)18(28)11-12-19(29)24(32)33/h2-10,13,19-20,29H,11-12H2,1H3,(H,26,30)(H,32,33)(H,25,27,31)/t19-,20+/m1/s1. The minimum atomic E-state index is -1.70. The summed E-state index contributed by atoms with van der Waals surface area (Å²) in [6.07, 6.45) is -1.38. The fourth-order valence-corrected chi connectivity index (χ4v) is 3.22. The molecule has 10 heteroatoms. The number of aromatic nitrogens is 2. The summed E-state index contributed by atoms with van der Waals surface area (Å²) in [5, 5.41) is 20.8. The molecule has 0 saturated carbocycles. The van der Waals surface area contributed by atoms with Crippen molar-refractivity contribution >= 4 is 17.7 Å². The first kappa shape index (κ1) is 24.3. The van der Waals surface area contributed by atoms with Crippen LogP contribution in [0.15, 0.2) is 65.6 Å². The average molecular weight is 465 g/mol. The number of nitrogens with zero attached hydrogens (tertiary/aromatic N) is 1. The summed E-state index contributed by atoms with van der Waals surface area (Å²) in [5.74, 6) is -2.48. The Labute approximate surface area is 194 Å². The number of carbonyl (C=O) groups excluding carboxylic acids is 2. The van der Waals surface area contributed by atoms with Gasteiger partial charge in [0.25, 0.3) is 11.5 Å². The van der Waals surface area contributed by atoms with Crippen molar-refractivity contribution in [1.29, 1.82) is 0 Å². The summed E-state index contributed by atoms with van der Waals surface area (Å²) in [5.41, 5.74) is 0.426. The van der Waals surface area contributed by atoms with Crippen LogP contribution in [0, 0.1) is 0 Å². The Hall–Kier alpha value is -4.31. The van der Waals surface area contributed by atoms with E-state index in [1.165, 1.54) is 0 Å². The lowest BCUT2D eigenvalue weighted by molar-refractivity contribution is -0.146. The Morgan fingerprint density at radius 1 is 1.06 bits per heavy atom. The number of ether oxygens (including phenoxy) is 1. The van der Waals surface area contributed by atoms with Crippen LogP contribution < -0.4 is 15.6 Å². The number of methoxy groups -OCH3 is 1. The smallest absolute Gasteiger partial charge is 0.332 e. The fourth-order valence-electron chi connectivity index (χ4n) is 3.22. The molecule has 0 radical (unpaired) electrons. The van der Waals surface area contributed by atoms with Crippen LogP contribution in [0.4, 0.5) is 0 Å². The van der Waals surface area contributed by atoms with Crippen LogP contribution in [0.5, 0.6) is 5.75 Å². The van der Waals surface area contributed by atoms with E-state index >= 15 is 0 Å². The number of aliphatic hydroxyl groups is 1. The van der Waals surface area contributed by atoms with Gasteiger partial charge in [0.15, 0.2) is 17.7 Å². The number of amides is 1. The quantitative estimate of drug-likeness (QED) is 0.329. The lowest BCUT2D eigenvalue weighted by atomic mass is 9.98. The summed E-state index contributed by atoms with van der Waals surface area (Å²) in [7, 11) is 1.55. The second-order valence-electron chi connectivity index (χ2n) is 7.38. The number of rotatable bonds is 10. The van der Waals surface area contributed by atoms with Crippen molar-refractivity contribution in [1.82, 2.24) is 15.3 Å². The molecule has 1 heterocycles. The highest BCUT2D eigenvalue weighted by atomic mass is 16.5. The van der Waals surface area contributed by atoms with Gasteiger partial charge in [-0.2, -0.15) is 0 Å². The minimum Gasteiger partial charge on any atom is -0.497 e. The number of ketones is 1. The van der Waals surface area contributed by atoms with Gasteiger partial charge in [0.1, 0.15) is 11.3 Å². The molecule has 0 fully saturated rings. The molecule has 1 aromatic heterocycles. The summed E-state index contributed by atoms with van der Waals surface area (Å²) in [6.45, 7) is 0. The summed E-state index contributed by atoms with van der Waals surface area (Å²) in [4.78, 5) is 54.4. The molecular weight excluding hydrogens is 442 g/mol. The molecule has 3 aromatic rings. The van der Waals surface area contributed by atoms with Crippen molar-refractivity contribution in [3.8, 4) is 5.75 Å². The third kappa shape index (κ3) is 5.93. The van der Waals surface area contributed by atoms with E-state index in [0.717, 1.165) is 17.3 Å². The first-order valence-electron chi connectivity index (χ1n) is 10.3. The lowest BCUT2D eigenvalue weighted by Gasteiger charge is -2.20. The van der Waals surface area contributed by atoms with Gasteiger partial charge in [0.05, 0.1) is 13.2 Å². The van der Waals surface area contributed by atoms with Gasteiger partial charge >= 0.3 is 5.97 Å². The highest BCUT2D eigenvalue weighted by molar-refractivity contribution is 5.96. The number of aromatic amines is 1. The van der Waals surface area contributed by atoms with Gasteiger partial charge in [-0.05, 0) is 29.7 Å². The van der Waals surface area contributed by atoms with E-state index in [2.05, 4.69) is 15.3 Å². The zero-order valence-corrected chi connectivity index (χ0v) is 18.2. The number of aliphatic carboxylic acids is 1. The highest BCUT2D eigenvalue weighted by Crippen LogP contribution is 2.24. The Morgan fingerprint density at radius 2 is 1.71 bits per heavy atom. The van der Waals surface area contributed by atoms with Crippen LogP contribution in [-0.2, 0) is 4.79 Å². The number of hydrogen-bond acceptors (Lipinski definition) is 7.